The van der Waals surface area contributed by atoms with Crippen LogP contribution in [0.25, 0.3) is 0 Å². The summed E-state index contributed by atoms with van der Waals surface area (Å²) in [6, 6.07) is 2.45. The SMILES string of the molecule is CCCNCC1COCCN1c1ccncc1Br. The average Bonchev–Trinajstić information content (AvgIpc) is 2.40. The summed E-state index contributed by atoms with van der Waals surface area (Å²) in [6.07, 6.45) is 4.85. The van der Waals surface area contributed by atoms with Gasteiger partial charge in [-0.15, -0.1) is 0 Å². The van der Waals surface area contributed by atoms with Crippen LogP contribution < -0.4 is 10.2 Å². The van der Waals surface area contributed by atoms with Gasteiger partial charge < -0.3 is 15.0 Å². The van der Waals surface area contributed by atoms with Gasteiger partial charge in [-0.05, 0) is 35.0 Å². The lowest BCUT2D eigenvalue weighted by Crippen LogP contribution is -2.50. The minimum absolute atomic E-state index is 0.393. The number of halogens is 1. The molecule has 2 rings (SSSR count). The summed E-state index contributed by atoms with van der Waals surface area (Å²) in [5.74, 6) is 0. The molecule has 0 radical (unpaired) electrons. The highest BCUT2D eigenvalue weighted by Crippen LogP contribution is 2.27. The Hall–Kier alpha value is -0.650. The number of ether oxygens (including phenoxy) is 1. The molecule has 5 heteroatoms. The van der Waals surface area contributed by atoms with E-state index in [9.17, 15) is 0 Å². The first-order valence-corrected chi connectivity index (χ1v) is 7.27. The largest absolute Gasteiger partial charge is 0.377 e. The normalized spacial score (nSPS) is 20.1. The number of hydrogen-bond donors (Lipinski definition) is 1. The molecule has 1 saturated heterocycles. The zero-order valence-electron chi connectivity index (χ0n) is 10.7. The molecule has 0 saturated carbocycles. The smallest absolute Gasteiger partial charge is 0.0683 e. The predicted molar refractivity (Wildman–Crippen MR) is 77.1 cm³/mol. The van der Waals surface area contributed by atoms with Crippen molar-refractivity contribution in [3.8, 4) is 0 Å². The molecular formula is C13H20BrN3O. The second kappa shape index (κ2) is 7.07. The number of pyridine rings is 1. The van der Waals surface area contributed by atoms with E-state index < -0.39 is 0 Å². The minimum Gasteiger partial charge on any atom is -0.377 e. The lowest BCUT2D eigenvalue weighted by molar-refractivity contribution is 0.0937. The molecule has 100 valence electrons. The Labute approximate surface area is 117 Å². The van der Waals surface area contributed by atoms with Crippen molar-refractivity contribution in [3.63, 3.8) is 0 Å². The quantitative estimate of drug-likeness (QED) is 0.844. The van der Waals surface area contributed by atoms with Crippen LogP contribution in [0.3, 0.4) is 0 Å². The van der Waals surface area contributed by atoms with Crippen molar-refractivity contribution >= 4 is 21.6 Å². The molecule has 4 nitrogen and oxygen atoms in total. The fourth-order valence-electron chi connectivity index (χ4n) is 2.19. The molecule has 1 aromatic heterocycles. The average molecular weight is 314 g/mol. The van der Waals surface area contributed by atoms with Gasteiger partial charge in [0, 0.05) is 25.5 Å². The predicted octanol–water partition coefficient (Wildman–Crippen LogP) is 2.05. The van der Waals surface area contributed by atoms with Crippen LogP contribution in [0.1, 0.15) is 13.3 Å². The molecule has 1 N–H and O–H groups in total. The van der Waals surface area contributed by atoms with Gasteiger partial charge in [0.2, 0.25) is 0 Å². The minimum atomic E-state index is 0.393. The lowest BCUT2D eigenvalue weighted by atomic mass is 10.2. The van der Waals surface area contributed by atoms with Crippen LogP contribution in [0.4, 0.5) is 5.69 Å². The van der Waals surface area contributed by atoms with Crippen LogP contribution in [0.2, 0.25) is 0 Å². The zero-order chi connectivity index (χ0) is 12.8. The van der Waals surface area contributed by atoms with Crippen molar-refractivity contribution in [2.24, 2.45) is 0 Å². The van der Waals surface area contributed by atoms with Crippen molar-refractivity contribution in [2.45, 2.75) is 19.4 Å². The van der Waals surface area contributed by atoms with Crippen LogP contribution in [-0.2, 0) is 4.74 Å². The fraction of sp³-hybridized carbons (Fsp3) is 0.615. The maximum Gasteiger partial charge on any atom is 0.0683 e. The summed E-state index contributed by atoms with van der Waals surface area (Å²) in [5.41, 5.74) is 1.21. The second-order valence-electron chi connectivity index (χ2n) is 4.45. The molecule has 1 fully saturated rings. The third kappa shape index (κ3) is 3.43. The second-order valence-corrected chi connectivity index (χ2v) is 5.31. The Balaban J connectivity index is 2.05. The van der Waals surface area contributed by atoms with Gasteiger partial charge in [0.1, 0.15) is 0 Å². The summed E-state index contributed by atoms with van der Waals surface area (Å²) in [7, 11) is 0. The number of anilines is 1. The first kappa shape index (κ1) is 13.8. The molecule has 0 bridgehead atoms. The summed E-state index contributed by atoms with van der Waals surface area (Å²) in [6.45, 7) is 6.71. The van der Waals surface area contributed by atoms with E-state index in [1.54, 1.807) is 0 Å². The molecular weight excluding hydrogens is 294 g/mol. The van der Waals surface area contributed by atoms with E-state index in [1.165, 1.54) is 5.69 Å². The summed E-state index contributed by atoms with van der Waals surface area (Å²) < 4.78 is 6.64. The van der Waals surface area contributed by atoms with Gasteiger partial charge in [0.05, 0.1) is 29.4 Å². The van der Waals surface area contributed by atoms with E-state index in [4.69, 9.17) is 4.74 Å². The third-order valence-corrected chi connectivity index (χ3v) is 3.71. The highest BCUT2D eigenvalue weighted by molar-refractivity contribution is 9.10. The molecule has 1 unspecified atom stereocenters. The molecule has 1 aliphatic heterocycles. The van der Waals surface area contributed by atoms with E-state index in [2.05, 4.69) is 44.1 Å². The zero-order valence-corrected chi connectivity index (χ0v) is 12.3. The standard InChI is InChI=1S/C13H20BrN3O/c1-2-4-15-8-11-10-18-7-6-17(11)13-3-5-16-9-12(13)14/h3,5,9,11,15H,2,4,6-8,10H2,1H3. The number of nitrogens with one attached hydrogen (secondary N) is 1. The van der Waals surface area contributed by atoms with Crippen molar-refractivity contribution in [1.82, 2.24) is 10.3 Å². The van der Waals surface area contributed by atoms with Crippen LogP contribution in [0.5, 0.6) is 0 Å². The van der Waals surface area contributed by atoms with Crippen LogP contribution in [-0.4, -0.2) is 43.9 Å². The lowest BCUT2D eigenvalue weighted by Gasteiger charge is -2.38. The highest BCUT2D eigenvalue weighted by Gasteiger charge is 2.24. The molecule has 1 atom stereocenters. The van der Waals surface area contributed by atoms with E-state index in [-0.39, 0.29) is 0 Å². The Morgan fingerprint density at radius 3 is 3.28 bits per heavy atom. The number of hydrogen-bond acceptors (Lipinski definition) is 4. The van der Waals surface area contributed by atoms with Crippen molar-refractivity contribution in [3.05, 3.63) is 22.9 Å². The van der Waals surface area contributed by atoms with E-state index >= 15 is 0 Å². The Morgan fingerprint density at radius 2 is 2.50 bits per heavy atom. The number of rotatable bonds is 5. The number of aromatic nitrogens is 1. The molecule has 18 heavy (non-hydrogen) atoms. The fourth-order valence-corrected chi connectivity index (χ4v) is 2.67. The Morgan fingerprint density at radius 1 is 1.61 bits per heavy atom. The molecule has 0 aromatic carbocycles. The summed E-state index contributed by atoms with van der Waals surface area (Å²) >= 11 is 3.58. The topological polar surface area (TPSA) is 37.4 Å². The maximum absolute atomic E-state index is 5.59. The number of nitrogens with zero attached hydrogens (tertiary/aromatic N) is 2. The van der Waals surface area contributed by atoms with E-state index in [0.717, 1.165) is 43.7 Å². The molecule has 1 aromatic rings. The van der Waals surface area contributed by atoms with E-state index in [0.29, 0.717) is 6.04 Å². The van der Waals surface area contributed by atoms with Gasteiger partial charge in [-0.3, -0.25) is 4.98 Å². The summed E-state index contributed by atoms with van der Waals surface area (Å²) in [5, 5.41) is 3.47. The molecule has 0 spiro atoms. The maximum atomic E-state index is 5.59. The molecule has 2 heterocycles. The third-order valence-electron chi connectivity index (χ3n) is 3.09. The van der Waals surface area contributed by atoms with Crippen molar-refractivity contribution in [2.75, 3.05) is 37.7 Å². The van der Waals surface area contributed by atoms with Gasteiger partial charge in [-0.1, -0.05) is 6.92 Å². The van der Waals surface area contributed by atoms with Crippen LogP contribution in [0.15, 0.2) is 22.9 Å². The van der Waals surface area contributed by atoms with Crippen molar-refractivity contribution in [1.29, 1.82) is 0 Å². The van der Waals surface area contributed by atoms with Crippen LogP contribution >= 0.6 is 15.9 Å². The summed E-state index contributed by atoms with van der Waals surface area (Å²) in [4.78, 5) is 6.52. The highest BCUT2D eigenvalue weighted by atomic mass is 79.9. The molecule has 0 aliphatic carbocycles. The Kier molecular flexibility index (Phi) is 5.41. The van der Waals surface area contributed by atoms with E-state index in [1.807, 2.05) is 12.4 Å². The monoisotopic (exact) mass is 313 g/mol. The first-order chi connectivity index (χ1) is 8.83. The Bertz CT molecular complexity index is 375. The first-order valence-electron chi connectivity index (χ1n) is 6.47. The van der Waals surface area contributed by atoms with Gasteiger partial charge in [-0.25, -0.2) is 0 Å². The van der Waals surface area contributed by atoms with Gasteiger partial charge in [-0.2, -0.15) is 0 Å². The van der Waals surface area contributed by atoms with Gasteiger partial charge in [0.25, 0.3) is 0 Å². The van der Waals surface area contributed by atoms with Crippen molar-refractivity contribution < 1.29 is 4.74 Å². The number of morpholine rings is 1. The molecule has 0 amide bonds. The van der Waals surface area contributed by atoms with Gasteiger partial charge in [0.15, 0.2) is 0 Å². The molecule has 1 aliphatic rings. The van der Waals surface area contributed by atoms with Gasteiger partial charge >= 0.3 is 0 Å². The van der Waals surface area contributed by atoms with Crippen LogP contribution in [0, 0.1) is 0 Å².